The molecule has 0 aliphatic carbocycles. The van der Waals surface area contributed by atoms with Crippen LogP contribution in [0.3, 0.4) is 0 Å². The lowest BCUT2D eigenvalue weighted by molar-refractivity contribution is -0.116. The summed E-state index contributed by atoms with van der Waals surface area (Å²) < 4.78 is 25.2. The number of hydrogen-bond donors (Lipinski definition) is 1. The quantitative estimate of drug-likeness (QED) is 0.628. The van der Waals surface area contributed by atoms with Crippen molar-refractivity contribution in [3.05, 3.63) is 48.0 Å². The third kappa shape index (κ3) is 3.90. The van der Waals surface area contributed by atoms with Gasteiger partial charge in [0.05, 0.1) is 21.7 Å². The van der Waals surface area contributed by atoms with Gasteiger partial charge in [-0.3, -0.25) is 4.79 Å². The molecular weight excluding hydrogens is 408 g/mol. The van der Waals surface area contributed by atoms with Crippen LogP contribution in [0.4, 0.5) is 5.69 Å². The van der Waals surface area contributed by atoms with Gasteiger partial charge in [0.15, 0.2) is 5.16 Å². The van der Waals surface area contributed by atoms with Gasteiger partial charge in [-0.05, 0) is 49.6 Å². The number of imidazole rings is 1. The zero-order chi connectivity index (χ0) is 20.6. The van der Waals surface area contributed by atoms with E-state index in [1.165, 1.54) is 29.5 Å². The van der Waals surface area contributed by atoms with Gasteiger partial charge in [-0.1, -0.05) is 30.0 Å². The molecule has 152 valence electrons. The predicted octanol–water partition coefficient (Wildman–Crippen LogP) is 2.78. The summed E-state index contributed by atoms with van der Waals surface area (Å²) in [5.74, 6) is 0.307. The van der Waals surface area contributed by atoms with Crippen LogP contribution in [0.5, 0.6) is 0 Å². The molecule has 0 fully saturated rings. The Labute approximate surface area is 174 Å². The lowest BCUT2D eigenvalue weighted by Crippen LogP contribution is -2.36. The van der Waals surface area contributed by atoms with Gasteiger partial charge in [-0.2, -0.15) is 0 Å². The van der Waals surface area contributed by atoms with Gasteiger partial charge in [-0.15, -0.1) is 0 Å². The SMILES string of the molecule is CCn1c(SCC(=O)N2CCCc3ccccc32)nc2cc(S(N)(=O)=O)ccc21. The average molecular weight is 431 g/mol. The zero-order valence-corrected chi connectivity index (χ0v) is 17.7. The van der Waals surface area contributed by atoms with E-state index >= 15 is 0 Å². The number of amides is 1. The molecule has 2 N–H and O–H groups in total. The van der Waals surface area contributed by atoms with Gasteiger partial charge in [0.25, 0.3) is 0 Å². The highest BCUT2D eigenvalue weighted by molar-refractivity contribution is 7.99. The Kier molecular flexibility index (Phi) is 5.37. The van der Waals surface area contributed by atoms with Gasteiger partial charge in [0.1, 0.15) is 0 Å². The summed E-state index contributed by atoms with van der Waals surface area (Å²) >= 11 is 1.37. The van der Waals surface area contributed by atoms with Crippen molar-refractivity contribution in [1.82, 2.24) is 9.55 Å². The molecule has 2 aromatic carbocycles. The van der Waals surface area contributed by atoms with Crippen LogP contribution in [0.1, 0.15) is 18.9 Å². The molecule has 4 rings (SSSR count). The second-order valence-electron chi connectivity index (χ2n) is 6.90. The zero-order valence-electron chi connectivity index (χ0n) is 16.0. The lowest BCUT2D eigenvalue weighted by Gasteiger charge is -2.29. The number of fused-ring (bicyclic) bond motifs is 2. The molecule has 0 spiro atoms. The first-order valence-electron chi connectivity index (χ1n) is 9.42. The number of para-hydroxylation sites is 1. The minimum atomic E-state index is -3.79. The highest BCUT2D eigenvalue weighted by Gasteiger charge is 2.23. The number of benzene rings is 2. The van der Waals surface area contributed by atoms with Crippen LogP contribution in [0.2, 0.25) is 0 Å². The number of carbonyl (C=O) groups is 1. The van der Waals surface area contributed by atoms with Crippen molar-refractivity contribution in [3.63, 3.8) is 0 Å². The summed E-state index contributed by atoms with van der Waals surface area (Å²) in [5.41, 5.74) is 3.56. The summed E-state index contributed by atoms with van der Waals surface area (Å²) in [6, 6.07) is 12.7. The fraction of sp³-hybridized carbons (Fsp3) is 0.300. The van der Waals surface area contributed by atoms with Gasteiger partial charge < -0.3 is 9.47 Å². The Morgan fingerprint density at radius 1 is 1.24 bits per heavy atom. The van der Waals surface area contributed by atoms with Crippen molar-refractivity contribution < 1.29 is 13.2 Å². The molecule has 29 heavy (non-hydrogen) atoms. The minimum absolute atomic E-state index is 0.0308. The van der Waals surface area contributed by atoms with E-state index in [2.05, 4.69) is 11.1 Å². The Balaban J connectivity index is 1.58. The Bertz CT molecular complexity index is 1190. The normalized spacial score (nSPS) is 14.2. The smallest absolute Gasteiger partial charge is 0.238 e. The second-order valence-corrected chi connectivity index (χ2v) is 9.40. The molecule has 1 amide bonds. The summed E-state index contributed by atoms with van der Waals surface area (Å²) in [7, 11) is -3.79. The first kappa shape index (κ1) is 19.9. The highest BCUT2D eigenvalue weighted by Crippen LogP contribution is 2.29. The predicted molar refractivity (Wildman–Crippen MR) is 115 cm³/mol. The Morgan fingerprint density at radius 3 is 2.79 bits per heavy atom. The number of nitrogens with two attached hydrogens (primary N) is 1. The minimum Gasteiger partial charge on any atom is -0.319 e. The first-order chi connectivity index (χ1) is 13.9. The van der Waals surface area contributed by atoms with E-state index in [0.29, 0.717) is 17.2 Å². The fourth-order valence-corrected chi connectivity index (χ4v) is 5.17. The summed E-state index contributed by atoms with van der Waals surface area (Å²) in [6.45, 7) is 3.37. The van der Waals surface area contributed by atoms with Crippen molar-refractivity contribution in [2.45, 2.75) is 36.4 Å². The van der Waals surface area contributed by atoms with Gasteiger partial charge in [0.2, 0.25) is 15.9 Å². The molecule has 7 nitrogen and oxygen atoms in total. The van der Waals surface area contributed by atoms with Crippen LogP contribution in [0.25, 0.3) is 11.0 Å². The van der Waals surface area contributed by atoms with Crippen LogP contribution in [-0.4, -0.2) is 36.2 Å². The number of aromatic nitrogens is 2. The standard InChI is InChI=1S/C20H22N4O3S2/c1-2-23-18-10-9-15(29(21,26)27)12-16(18)22-20(23)28-13-19(25)24-11-5-7-14-6-3-4-8-17(14)24/h3-4,6,8-10,12H,2,5,7,11,13H2,1H3,(H2,21,26,27). The number of sulfonamides is 1. The maximum absolute atomic E-state index is 12.9. The number of rotatable bonds is 5. The summed E-state index contributed by atoms with van der Waals surface area (Å²) in [5, 5.41) is 5.92. The number of nitrogens with zero attached hydrogens (tertiary/aromatic N) is 3. The molecule has 0 unspecified atom stereocenters. The number of anilines is 1. The molecule has 1 aliphatic heterocycles. The Hall–Kier alpha value is -2.36. The van der Waals surface area contributed by atoms with Crippen molar-refractivity contribution in [3.8, 4) is 0 Å². The van der Waals surface area contributed by atoms with E-state index in [-0.39, 0.29) is 16.6 Å². The van der Waals surface area contributed by atoms with E-state index in [1.807, 2.05) is 34.6 Å². The van der Waals surface area contributed by atoms with E-state index < -0.39 is 10.0 Å². The van der Waals surface area contributed by atoms with Crippen LogP contribution >= 0.6 is 11.8 Å². The monoisotopic (exact) mass is 430 g/mol. The third-order valence-electron chi connectivity index (χ3n) is 5.07. The molecular formula is C20H22N4O3S2. The van der Waals surface area contributed by atoms with Crippen LogP contribution in [0.15, 0.2) is 52.5 Å². The van der Waals surface area contributed by atoms with E-state index in [1.54, 1.807) is 6.07 Å². The topological polar surface area (TPSA) is 98.3 Å². The molecule has 9 heteroatoms. The van der Waals surface area contributed by atoms with Gasteiger partial charge in [0, 0.05) is 18.8 Å². The van der Waals surface area contributed by atoms with Crippen molar-refractivity contribution in [2.75, 3.05) is 17.2 Å². The van der Waals surface area contributed by atoms with Crippen LogP contribution < -0.4 is 10.0 Å². The molecule has 3 aromatic rings. The van der Waals surface area contributed by atoms with E-state index in [9.17, 15) is 13.2 Å². The van der Waals surface area contributed by atoms with Crippen LogP contribution in [-0.2, 0) is 27.8 Å². The largest absolute Gasteiger partial charge is 0.319 e. The lowest BCUT2D eigenvalue weighted by atomic mass is 10.0. The Morgan fingerprint density at radius 2 is 2.03 bits per heavy atom. The summed E-state index contributed by atoms with van der Waals surface area (Å²) in [6.07, 6.45) is 1.95. The summed E-state index contributed by atoms with van der Waals surface area (Å²) in [4.78, 5) is 19.3. The van der Waals surface area contributed by atoms with Crippen LogP contribution in [0, 0.1) is 0 Å². The molecule has 0 atom stereocenters. The molecule has 0 radical (unpaired) electrons. The highest BCUT2D eigenvalue weighted by atomic mass is 32.2. The average Bonchev–Trinajstić information content (AvgIpc) is 3.07. The number of primary sulfonamides is 1. The first-order valence-corrected chi connectivity index (χ1v) is 12.0. The van der Waals surface area contributed by atoms with E-state index in [0.717, 1.165) is 30.6 Å². The number of carbonyl (C=O) groups excluding carboxylic acids is 1. The molecule has 0 saturated carbocycles. The number of thioether (sulfide) groups is 1. The molecule has 1 aromatic heterocycles. The van der Waals surface area contributed by atoms with Gasteiger partial charge >= 0.3 is 0 Å². The van der Waals surface area contributed by atoms with E-state index in [4.69, 9.17) is 5.14 Å². The molecule has 1 aliphatic rings. The van der Waals surface area contributed by atoms with Gasteiger partial charge in [-0.25, -0.2) is 18.5 Å². The second kappa shape index (κ2) is 7.81. The van der Waals surface area contributed by atoms with Crippen molar-refractivity contribution in [2.24, 2.45) is 5.14 Å². The molecule has 2 heterocycles. The van der Waals surface area contributed by atoms with Crippen molar-refractivity contribution in [1.29, 1.82) is 0 Å². The maximum Gasteiger partial charge on any atom is 0.238 e. The number of hydrogen-bond acceptors (Lipinski definition) is 5. The fourth-order valence-electron chi connectivity index (χ4n) is 3.68. The maximum atomic E-state index is 12.9. The molecule has 0 saturated heterocycles. The number of aryl methyl sites for hydroxylation is 2. The third-order valence-corrected chi connectivity index (χ3v) is 6.94. The molecule has 0 bridgehead atoms. The van der Waals surface area contributed by atoms with Crippen molar-refractivity contribution >= 4 is 44.4 Å².